The van der Waals surface area contributed by atoms with E-state index in [1.54, 1.807) is 0 Å². The van der Waals surface area contributed by atoms with E-state index in [1.165, 1.54) is 37.1 Å². The molecule has 3 atom stereocenters. The second-order valence-corrected chi connectivity index (χ2v) is 5.29. The zero-order chi connectivity index (χ0) is 10.3. The van der Waals surface area contributed by atoms with Gasteiger partial charge in [0.15, 0.2) is 12.2 Å². The Hall–Kier alpha value is -0.120. The van der Waals surface area contributed by atoms with E-state index >= 15 is 0 Å². The van der Waals surface area contributed by atoms with Crippen molar-refractivity contribution in [3.05, 3.63) is 0 Å². The van der Waals surface area contributed by atoms with Gasteiger partial charge in [-0.2, -0.15) is 0 Å². The maximum Gasteiger partial charge on any atom is 0.200 e. The van der Waals surface area contributed by atoms with Gasteiger partial charge < -0.3 is 0 Å². The van der Waals surface area contributed by atoms with Gasteiger partial charge in [-0.15, -0.1) is 0 Å². The van der Waals surface area contributed by atoms with Crippen molar-refractivity contribution in [1.82, 2.24) is 9.80 Å². The van der Waals surface area contributed by atoms with Crippen molar-refractivity contribution in [3.63, 3.8) is 0 Å². The van der Waals surface area contributed by atoms with E-state index in [-0.39, 0.29) is 0 Å². The van der Waals surface area contributed by atoms with E-state index in [1.807, 2.05) is 0 Å². The molecule has 2 heterocycles. The predicted molar refractivity (Wildman–Crippen MR) is 59.0 cm³/mol. The minimum Gasteiger partial charge on any atom is -0.299 e. The van der Waals surface area contributed by atoms with Crippen molar-refractivity contribution in [2.45, 2.75) is 25.6 Å². The van der Waals surface area contributed by atoms with Crippen LogP contribution in [0.25, 0.3) is 0 Å². The molecule has 2 fully saturated rings. The zero-order valence-corrected chi connectivity index (χ0v) is 10.0. The highest BCUT2D eigenvalue weighted by molar-refractivity contribution is 4.91. The standard InChI is InChI=1S/C11H24N3/c1-5-8-14(4)10-9-12(2)6-7-13(3)11(10)14/h10-11H,5-9H2,1-4H3/q+1. The lowest BCUT2D eigenvalue weighted by molar-refractivity contribution is -0.813. The number of nitrogens with zero attached hydrogens (tertiary/aromatic N) is 3. The summed E-state index contributed by atoms with van der Waals surface area (Å²) in [7, 11) is 6.97. The SMILES string of the molecule is CCC[N+]1(C)C2CN(C)CCN(C)C21. The summed E-state index contributed by atoms with van der Waals surface area (Å²) in [5, 5.41) is 0. The smallest absolute Gasteiger partial charge is 0.200 e. The first-order valence-electron chi connectivity index (χ1n) is 5.83. The summed E-state index contributed by atoms with van der Waals surface area (Å²) in [4.78, 5) is 5.05. The second-order valence-electron chi connectivity index (χ2n) is 5.29. The van der Waals surface area contributed by atoms with Crippen LogP contribution in [0.2, 0.25) is 0 Å². The fourth-order valence-electron chi connectivity index (χ4n) is 3.23. The van der Waals surface area contributed by atoms with Crippen LogP contribution in [0.15, 0.2) is 0 Å². The van der Waals surface area contributed by atoms with Crippen LogP contribution in [0.1, 0.15) is 13.3 Å². The largest absolute Gasteiger partial charge is 0.299 e. The average Bonchev–Trinajstić information content (AvgIpc) is 2.71. The summed E-state index contributed by atoms with van der Waals surface area (Å²) < 4.78 is 1.29. The van der Waals surface area contributed by atoms with Crippen molar-refractivity contribution in [3.8, 4) is 0 Å². The Bertz CT molecular complexity index is 219. The molecule has 2 aliphatic rings. The van der Waals surface area contributed by atoms with E-state index < -0.39 is 0 Å². The molecule has 2 rings (SSSR count). The quantitative estimate of drug-likeness (QED) is 0.469. The molecule has 14 heavy (non-hydrogen) atoms. The molecule has 0 aromatic rings. The van der Waals surface area contributed by atoms with Crippen molar-refractivity contribution in [2.75, 3.05) is 47.3 Å². The summed E-state index contributed by atoms with van der Waals surface area (Å²) in [5.74, 6) is 0. The first-order valence-corrected chi connectivity index (χ1v) is 5.83. The summed E-state index contributed by atoms with van der Waals surface area (Å²) in [6, 6.07) is 0.868. The van der Waals surface area contributed by atoms with E-state index in [0.29, 0.717) is 0 Å². The number of hydrogen-bond acceptors (Lipinski definition) is 2. The zero-order valence-electron chi connectivity index (χ0n) is 10.0. The number of quaternary nitrogens is 1. The molecule has 0 aromatic carbocycles. The highest BCUT2D eigenvalue weighted by atomic mass is 15.6. The van der Waals surface area contributed by atoms with E-state index in [2.05, 4.69) is 37.9 Å². The predicted octanol–water partition coefficient (Wildman–Crippen LogP) is 0.429. The molecule has 0 radical (unpaired) electrons. The third-order valence-electron chi connectivity index (χ3n) is 4.11. The molecule has 82 valence electrons. The third kappa shape index (κ3) is 1.47. The first kappa shape index (κ1) is 10.4. The van der Waals surface area contributed by atoms with Gasteiger partial charge in [0.25, 0.3) is 0 Å². The summed E-state index contributed by atoms with van der Waals surface area (Å²) in [6.45, 7) is 7.38. The minimum absolute atomic E-state index is 0.805. The van der Waals surface area contributed by atoms with E-state index in [9.17, 15) is 0 Å². The Morgan fingerprint density at radius 3 is 2.64 bits per heavy atom. The Balaban J connectivity index is 2.06. The fourth-order valence-corrected chi connectivity index (χ4v) is 3.23. The molecule has 2 aliphatic heterocycles. The Kier molecular flexibility index (Phi) is 2.58. The summed E-state index contributed by atoms with van der Waals surface area (Å²) in [6.07, 6.45) is 2.11. The molecule has 0 aliphatic carbocycles. The molecule has 0 spiro atoms. The van der Waals surface area contributed by atoms with Crippen LogP contribution in [0.4, 0.5) is 0 Å². The van der Waals surface area contributed by atoms with Gasteiger partial charge >= 0.3 is 0 Å². The lowest BCUT2D eigenvalue weighted by atomic mass is 10.4. The van der Waals surface area contributed by atoms with Crippen molar-refractivity contribution in [1.29, 1.82) is 0 Å². The number of rotatable bonds is 2. The molecule has 3 heteroatoms. The van der Waals surface area contributed by atoms with Crippen LogP contribution in [-0.4, -0.2) is 73.8 Å². The lowest BCUT2D eigenvalue weighted by Crippen LogP contribution is -2.39. The topological polar surface area (TPSA) is 6.48 Å². The van der Waals surface area contributed by atoms with Crippen LogP contribution in [0, 0.1) is 0 Å². The second kappa shape index (κ2) is 3.47. The Morgan fingerprint density at radius 1 is 1.29 bits per heavy atom. The van der Waals surface area contributed by atoms with Gasteiger partial charge in [-0.1, -0.05) is 6.92 Å². The molecule has 2 saturated heterocycles. The van der Waals surface area contributed by atoms with Crippen LogP contribution in [0.3, 0.4) is 0 Å². The Labute approximate surface area is 87.9 Å². The molecule has 3 nitrogen and oxygen atoms in total. The van der Waals surface area contributed by atoms with Crippen molar-refractivity contribution in [2.24, 2.45) is 0 Å². The molecule has 0 aromatic heterocycles. The van der Waals surface area contributed by atoms with E-state index in [0.717, 1.165) is 12.2 Å². The van der Waals surface area contributed by atoms with Crippen LogP contribution < -0.4 is 0 Å². The molecule has 3 unspecified atom stereocenters. The maximum absolute atomic E-state index is 2.56. The maximum atomic E-state index is 2.56. The third-order valence-corrected chi connectivity index (χ3v) is 4.11. The molecule has 0 saturated carbocycles. The average molecular weight is 198 g/mol. The monoisotopic (exact) mass is 198 g/mol. The summed E-state index contributed by atoms with van der Waals surface area (Å²) >= 11 is 0. The summed E-state index contributed by atoms with van der Waals surface area (Å²) in [5.41, 5.74) is 0. The van der Waals surface area contributed by atoms with E-state index in [4.69, 9.17) is 0 Å². The first-order chi connectivity index (χ1) is 6.59. The molecular weight excluding hydrogens is 174 g/mol. The van der Waals surface area contributed by atoms with Gasteiger partial charge in [0, 0.05) is 13.1 Å². The van der Waals surface area contributed by atoms with Gasteiger partial charge in [0.1, 0.15) is 0 Å². The highest BCUT2D eigenvalue weighted by Gasteiger charge is 2.65. The molecule has 0 bridgehead atoms. The number of hydrogen-bond donors (Lipinski definition) is 0. The van der Waals surface area contributed by atoms with Gasteiger partial charge in [-0.25, -0.2) is 0 Å². The number of likely N-dealkylation sites (N-methyl/N-ethyl adjacent to an activating group) is 3. The number of fused-ring (bicyclic) bond motifs is 1. The van der Waals surface area contributed by atoms with Crippen molar-refractivity contribution < 1.29 is 4.48 Å². The van der Waals surface area contributed by atoms with Crippen LogP contribution in [0.5, 0.6) is 0 Å². The van der Waals surface area contributed by atoms with Crippen LogP contribution >= 0.6 is 0 Å². The fraction of sp³-hybridized carbons (Fsp3) is 1.00. The Morgan fingerprint density at radius 2 is 2.00 bits per heavy atom. The van der Waals surface area contributed by atoms with Gasteiger partial charge in [-0.3, -0.25) is 14.3 Å². The lowest BCUT2D eigenvalue weighted by Gasteiger charge is -2.24. The highest BCUT2D eigenvalue weighted by Crippen LogP contribution is 2.41. The van der Waals surface area contributed by atoms with Gasteiger partial charge in [0.2, 0.25) is 0 Å². The normalized spacial score (nSPS) is 44.6. The van der Waals surface area contributed by atoms with Crippen LogP contribution in [-0.2, 0) is 0 Å². The van der Waals surface area contributed by atoms with Gasteiger partial charge in [-0.05, 0) is 20.5 Å². The molecule has 0 N–H and O–H groups in total. The molecule has 0 amide bonds. The van der Waals surface area contributed by atoms with Crippen molar-refractivity contribution >= 4 is 0 Å². The minimum atomic E-state index is 0.805. The molecular formula is C11H24N3+. The van der Waals surface area contributed by atoms with Gasteiger partial charge in [0.05, 0.1) is 20.1 Å².